The number of hydrogen-bond acceptors (Lipinski definition) is 4. The molecule has 4 N–H and O–H groups in total. The zero-order valence-corrected chi connectivity index (χ0v) is 11.1. The van der Waals surface area contributed by atoms with Gasteiger partial charge >= 0.3 is 0 Å². The topological polar surface area (TPSA) is 48.1 Å². The van der Waals surface area contributed by atoms with Crippen LogP contribution in [0.3, 0.4) is 0 Å². The van der Waals surface area contributed by atoms with Crippen molar-refractivity contribution in [1.82, 2.24) is 21.9 Å². The molecule has 0 aromatic heterocycles. The average molecular weight is 261 g/mol. The minimum atomic E-state index is 0. The van der Waals surface area contributed by atoms with E-state index in [9.17, 15) is 0 Å². The van der Waals surface area contributed by atoms with Crippen LogP contribution in [0.2, 0.25) is 0 Å². The quantitative estimate of drug-likeness (QED) is 0.511. The minimum Gasteiger partial charge on any atom is -0.243 e. The normalized spacial score (nSPS) is 22.2. The first kappa shape index (κ1) is 13.9. The summed E-state index contributed by atoms with van der Waals surface area (Å²) in [5.74, 6) is 0. The largest absolute Gasteiger partial charge is 0.243 e. The summed E-state index contributed by atoms with van der Waals surface area (Å²) in [6, 6.07) is 0. The van der Waals surface area contributed by atoms with Gasteiger partial charge < -0.3 is 0 Å². The van der Waals surface area contributed by atoms with E-state index < -0.39 is 0 Å². The van der Waals surface area contributed by atoms with Crippen LogP contribution in [0.15, 0.2) is 0 Å². The van der Waals surface area contributed by atoms with E-state index >= 15 is 0 Å². The Kier molecular flexibility index (Phi) is 11.8. The van der Waals surface area contributed by atoms with Crippen LogP contribution < -0.4 is 21.9 Å². The predicted octanol–water partition coefficient (Wildman–Crippen LogP) is 0.442. The van der Waals surface area contributed by atoms with Gasteiger partial charge in [0, 0.05) is 45.8 Å². The van der Waals surface area contributed by atoms with Crippen molar-refractivity contribution < 1.29 is 32.7 Å². The van der Waals surface area contributed by atoms with Gasteiger partial charge in [-0.1, -0.05) is 25.7 Å². The summed E-state index contributed by atoms with van der Waals surface area (Å²) in [7, 11) is 0. The minimum absolute atomic E-state index is 0. The van der Waals surface area contributed by atoms with Crippen LogP contribution in [0.25, 0.3) is 0 Å². The summed E-state index contributed by atoms with van der Waals surface area (Å²) < 4.78 is 0. The van der Waals surface area contributed by atoms with Crippen molar-refractivity contribution in [3.63, 3.8) is 0 Å². The molecule has 1 fully saturated rings. The summed E-state index contributed by atoms with van der Waals surface area (Å²) in [4.78, 5) is 0. The van der Waals surface area contributed by atoms with Crippen LogP contribution in [0.4, 0.5) is 0 Å². The Labute approximate surface area is 106 Å². The predicted molar refractivity (Wildman–Crippen MR) is 50.0 cm³/mol. The summed E-state index contributed by atoms with van der Waals surface area (Å²) in [6.45, 7) is 2.07. The second kappa shape index (κ2) is 11.0. The molecule has 1 radical (unpaired) electrons. The molecule has 1 heterocycles. The van der Waals surface area contributed by atoms with Gasteiger partial charge in [-0.3, -0.25) is 0 Å². The van der Waals surface area contributed by atoms with E-state index in [0.29, 0.717) is 0 Å². The zero-order chi connectivity index (χ0) is 8.49. The molecule has 0 unspecified atom stereocenters. The van der Waals surface area contributed by atoms with Gasteiger partial charge in [0.15, 0.2) is 0 Å². The van der Waals surface area contributed by atoms with E-state index in [4.69, 9.17) is 0 Å². The number of nitrogens with one attached hydrogen (secondary N) is 4. The third kappa shape index (κ3) is 9.25. The van der Waals surface area contributed by atoms with Crippen molar-refractivity contribution in [2.45, 2.75) is 38.5 Å². The van der Waals surface area contributed by atoms with Crippen molar-refractivity contribution in [2.24, 2.45) is 0 Å². The maximum atomic E-state index is 3.08. The molecular weight excluding hydrogens is 241 g/mol. The first-order chi connectivity index (χ1) is 6.00. The Morgan fingerprint density at radius 3 is 1.38 bits per heavy atom. The van der Waals surface area contributed by atoms with Gasteiger partial charge in [-0.25, -0.2) is 10.9 Å². The molecule has 5 heteroatoms. The van der Waals surface area contributed by atoms with Crippen molar-refractivity contribution in [2.75, 3.05) is 13.1 Å². The smallest absolute Gasteiger partial charge is 0.0113 e. The van der Waals surface area contributed by atoms with E-state index in [0.717, 1.165) is 13.1 Å². The SMILES string of the molecule is C1CCCCNNNNCCC1.[Y]. The monoisotopic (exact) mass is 261 g/mol. The molecule has 1 aliphatic heterocycles. The molecular formula is C8H20N4Y. The third-order valence-electron chi connectivity index (χ3n) is 2.09. The van der Waals surface area contributed by atoms with Crippen LogP contribution in [0.5, 0.6) is 0 Å². The summed E-state index contributed by atoms with van der Waals surface area (Å²) in [5, 5.41) is 0. The van der Waals surface area contributed by atoms with Crippen molar-refractivity contribution in [1.29, 1.82) is 0 Å². The van der Waals surface area contributed by atoms with Crippen LogP contribution in [0.1, 0.15) is 38.5 Å². The van der Waals surface area contributed by atoms with E-state index in [2.05, 4.69) is 21.9 Å². The Morgan fingerprint density at radius 1 is 0.538 bits per heavy atom. The molecule has 0 spiro atoms. The molecule has 4 nitrogen and oxygen atoms in total. The standard InChI is InChI=1S/C8H20N4.Y/c1-2-4-6-8-10-12-11-9-7-5-3-1;/h9-12H,1-8H2;. The summed E-state index contributed by atoms with van der Waals surface area (Å²) in [5.41, 5.74) is 11.9. The van der Waals surface area contributed by atoms with E-state index in [1.165, 1.54) is 38.5 Å². The molecule has 0 aliphatic carbocycles. The second-order valence-electron chi connectivity index (χ2n) is 3.22. The average Bonchev–Trinajstić information content (AvgIpc) is 2.05. The van der Waals surface area contributed by atoms with Gasteiger partial charge in [0.1, 0.15) is 0 Å². The molecule has 0 atom stereocenters. The van der Waals surface area contributed by atoms with Crippen LogP contribution in [0, 0.1) is 0 Å². The van der Waals surface area contributed by atoms with Gasteiger partial charge in [0.05, 0.1) is 0 Å². The Balaban J connectivity index is 0.00000144. The van der Waals surface area contributed by atoms with Crippen LogP contribution >= 0.6 is 0 Å². The van der Waals surface area contributed by atoms with Gasteiger partial charge in [0.2, 0.25) is 0 Å². The van der Waals surface area contributed by atoms with Crippen molar-refractivity contribution in [3.05, 3.63) is 0 Å². The van der Waals surface area contributed by atoms with Crippen LogP contribution in [-0.2, 0) is 32.7 Å². The van der Waals surface area contributed by atoms with E-state index in [-0.39, 0.29) is 32.7 Å². The fourth-order valence-electron chi connectivity index (χ4n) is 1.35. The van der Waals surface area contributed by atoms with Gasteiger partial charge in [-0.15, -0.1) is 0 Å². The second-order valence-corrected chi connectivity index (χ2v) is 3.22. The fraction of sp³-hybridized carbons (Fsp3) is 1.00. The fourth-order valence-corrected chi connectivity index (χ4v) is 1.35. The Morgan fingerprint density at radius 2 is 0.923 bits per heavy atom. The number of hydrogen-bond donors (Lipinski definition) is 4. The molecule has 0 bridgehead atoms. The van der Waals surface area contributed by atoms with E-state index in [1.807, 2.05) is 0 Å². The van der Waals surface area contributed by atoms with Gasteiger partial charge in [-0.2, -0.15) is 11.1 Å². The molecule has 1 rings (SSSR count). The molecule has 13 heavy (non-hydrogen) atoms. The first-order valence-corrected chi connectivity index (χ1v) is 4.96. The van der Waals surface area contributed by atoms with Crippen molar-refractivity contribution in [3.8, 4) is 0 Å². The maximum absolute atomic E-state index is 3.08. The summed E-state index contributed by atoms with van der Waals surface area (Å²) in [6.07, 6.45) is 7.98. The molecule has 0 aromatic carbocycles. The Hall–Kier alpha value is 0.944. The number of hydrazine groups is 3. The van der Waals surface area contributed by atoms with Crippen LogP contribution in [-0.4, -0.2) is 13.1 Å². The zero-order valence-electron chi connectivity index (χ0n) is 8.23. The molecule has 0 saturated carbocycles. The van der Waals surface area contributed by atoms with Gasteiger partial charge in [-0.05, 0) is 12.8 Å². The number of rotatable bonds is 0. The third-order valence-corrected chi connectivity index (χ3v) is 2.09. The Bertz CT molecular complexity index is 59.1. The van der Waals surface area contributed by atoms with Crippen molar-refractivity contribution >= 4 is 0 Å². The summed E-state index contributed by atoms with van der Waals surface area (Å²) >= 11 is 0. The first-order valence-electron chi connectivity index (χ1n) is 4.96. The maximum Gasteiger partial charge on any atom is 0.0113 e. The molecule has 75 valence electrons. The molecule has 1 aliphatic rings. The molecule has 0 aromatic rings. The van der Waals surface area contributed by atoms with Gasteiger partial charge in [0.25, 0.3) is 0 Å². The molecule has 1 saturated heterocycles. The molecule has 0 amide bonds. The van der Waals surface area contributed by atoms with E-state index in [1.54, 1.807) is 0 Å².